The molecule has 0 N–H and O–H groups in total. The predicted octanol–water partition coefficient (Wildman–Crippen LogP) is 4.66. The largest absolute Gasteiger partial charge is 0.475 e. The second kappa shape index (κ2) is 7.58. The number of esters is 1. The number of rotatable bonds is 4. The number of pyridine rings is 1. The van der Waals surface area contributed by atoms with E-state index in [1.807, 2.05) is 51.1 Å². The smallest absolute Gasteiger partial charge is 0.315 e. The quantitative estimate of drug-likeness (QED) is 0.679. The average Bonchev–Trinajstić information content (AvgIpc) is 2.60. The van der Waals surface area contributed by atoms with Crippen molar-refractivity contribution in [2.45, 2.75) is 32.8 Å². The van der Waals surface area contributed by atoms with Gasteiger partial charge in [-0.05, 0) is 38.5 Å². The molecular weight excluding hydrogens is 396 g/mol. The summed E-state index contributed by atoms with van der Waals surface area (Å²) >= 11 is 3.62. The molecule has 5 nitrogen and oxygen atoms in total. The third-order valence-electron chi connectivity index (χ3n) is 4.36. The first-order chi connectivity index (χ1) is 12.4. The molecule has 0 aliphatic carbocycles. The first kappa shape index (κ1) is 18.6. The highest BCUT2D eigenvalue weighted by Gasteiger charge is 2.41. The maximum Gasteiger partial charge on any atom is 0.315 e. The van der Waals surface area contributed by atoms with Gasteiger partial charge in [0.1, 0.15) is 5.92 Å². The molecule has 1 aromatic heterocycles. The van der Waals surface area contributed by atoms with Crippen molar-refractivity contribution in [3.05, 3.63) is 52.1 Å². The molecule has 6 heteroatoms. The summed E-state index contributed by atoms with van der Waals surface area (Å²) in [5.74, 6) is -0.654. The molecule has 0 radical (unpaired) electrons. The number of nitrogens with zero attached hydrogens (tertiary/aromatic N) is 2. The summed E-state index contributed by atoms with van der Waals surface area (Å²) in [5, 5.41) is 0. The first-order valence-corrected chi connectivity index (χ1v) is 9.26. The number of carbonyl (C=O) groups excluding carboxylic acids is 1. The Balaban J connectivity index is 2.28. The van der Waals surface area contributed by atoms with Crippen molar-refractivity contribution in [3.8, 4) is 5.88 Å². The number of ether oxygens (including phenoxy) is 2. The van der Waals surface area contributed by atoms with Crippen molar-refractivity contribution in [1.29, 1.82) is 0 Å². The van der Waals surface area contributed by atoms with Gasteiger partial charge in [-0.25, -0.2) is 4.98 Å². The normalized spacial score (nSPS) is 18.9. The number of benzene rings is 1. The van der Waals surface area contributed by atoms with E-state index in [-0.39, 0.29) is 18.0 Å². The predicted molar refractivity (Wildman–Crippen MR) is 104 cm³/mol. The van der Waals surface area contributed by atoms with E-state index < -0.39 is 5.92 Å². The van der Waals surface area contributed by atoms with Gasteiger partial charge < -0.3 is 9.47 Å². The number of carbonyl (C=O) groups is 1. The van der Waals surface area contributed by atoms with Gasteiger partial charge in [-0.2, -0.15) is 0 Å². The Morgan fingerprint density at radius 2 is 1.96 bits per heavy atom. The van der Waals surface area contributed by atoms with Crippen LogP contribution in [0.2, 0.25) is 0 Å². The van der Waals surface area contributed by atoms with Gasteiger partial charge in [0.05, 0.1) is 18.9 Å². The highest BCUT2D eigenvalue weighted by atomic mass is 79.9. The summed E-state index contributed by atoms with van der Waals surface area (Å²) < 4.78 is 12.0. The molecule has 0 bridgehead atoms. The molecule has 0 fully saturated rings. The van der Waals surface area contributed by atoms with Crippen LogP contribution in [0.4, 0.5) is 5.69 Å². The molecule has 1 aliphatic heterocycles. The lowest BCUT2D eigenvalue weighted by molar-refractivity contribution is -0.143. The van der Waals surface area contributed by atoms with Gasteiger partial charge in [0, 0.05) is 27.9 Å². The Kier molecular flexibility index (Phi) is 5.41. The van der Waals surface area contributed by atoms with Crippen molar-refractivity contribution in [3.63, 3.8) is 0 Å². The Hall–Kier alpha value is -2.21. The SMILES string of the molecule is COC(=O)C1C(C)=Nc2ccnc(OC(C)C)c2C1c1ccccc1Br. The molecule has 3 rings (SSSR count). The summed E-state index contributed by atoms with van der Waals surface area (Å²) in [7, 11) is 1.40. The second-order valence-electron chi connectivity index (χ2n) is 6.47. The number of hydrogen-bond donors (Lipinski definition) is 0. The molecule has 136 valence electrons. The van der Waals surface area contributed by atoms with E-state index in [0.717, 1.165) is 21.3 Å². The van der Waals surface area contributed by atoms with Crippen LogP contribution in [0.3, 0.4) is 0 Å². The number of halogens is 1. The van der Waals surface area contributed by atoms with Crippen LogP contribution in [0.1, 0.15) is 37.8 Å². The zero-order chi connectivity index (χ0) is 18.8. The molecule has 1 aromatic carbocycles. The van der Waals surface area contributed by atoms with E-state index in [2.05, 4.69) is 25.9 Å². The van der Waals surface area contributed by atoms with Gasteiger partial charge in [-0.1, -0.05) is 34.1 Å². The minimum absolute atomic E-state index is 0.0440. The fraction of sp³-hybridized carbons (Fsp3) is 0.350. The highest BCUT2D eigenvalue weighted by Crippen LogP contribution is 2.48. The minimum atomic E-state index is -0.537. The van der Waals surface area contributed by atoms with E-state index in [9.17, 15) is 4.79 Å². The molecule has 1 aliphatic rings. The third-order valence-corrected chi connectivity index (χ3v) is 5.09. The number of methoxy groups -OCH3 is 1. The summed E-state index contributed by atoms with van der Waals surface area (Å²) in [6.45, 7) is 5.76. The van der Waals surface area contributed by atoms with Crippen LogP contribution in [0.5, 0.6) is 5.88 Å². The number of fused-ring (bicyclic) bond motifs is 1. The number of aromatic nitrogens is 1. The Morgan fingerprint density at radius 1 is 1.23 bits per heavy atom. The topological polar surface area (TPSA) is 60.8 Å². The molecule has 0 spiro atoms. The lowest BCUT2D eigenvalue weighted by atomic mass is 9.76. The van der Waals surface area contributed by atoms with Crippen LogP contribution in [-0.4, -0.2) is 29.9 Å². The molecule has 2 atom stereocenters. The molecule has 2 heterocycles. The van der Waals surface area contributed by atoms with Gasteiger partial charge in [-0.3, -0.25) is 9.79 Å². The number of aliphatic imine (C=N–C) groups is 1. The van der Waals surface area contributed by atoms with Crippen LogP contribution in [0.25, 0.3) is 0 Å². The Morgan fingerprint density at radius 3 is 2.62 bits per heavy atom. The van der Waals surface area contributed by atoms with E-state index in [1.54, 1.807) is 6.20 Å². The van der Waals surface area contributed by atoms with Crippen molar-refractivity contribution < 1.29 is 14.3 Å². The zero-order valence-corrected chi connectivity index (χ0v) is 16.8. The Labute approximate surface area is 161 Å². The van der Waals surface area contributed by atoms with Gasteiger partial charge in [0.15, 0.2) is 0 Å². The minimum Gasteiger partial charge on any atom is -0.475 e. The van der Waals surface area contributed by atoms with Crippen LogP contribution in [0, 0.1) is 5.92 Å². The van der Waals surface area contributed by atoms with Crippen molar-refractivity contribution in [1.82, 2.24) is 4.98 Å². The molecule has 0 saturated carbocycles. The summed E-state index contributed by atoms with van der Waals surface area (Å²) in [6, 6.07) is 9.71. The lowest BCUT2D eigenvalue weighted by Gasteiger charge is -2.32. The number of hydrogen-bond acceptors (Lipinski definition) is 5. The highest BCUT2D eigenvalue weighted by molar-refractivity contribution is 9.10. The van der Waals surface area contributed by atoms with E-state index in [1.165, 1.54) is 7.11 Å². The molecule has 2 aromatic rings. The molecule has 2 unspecified atom stereocenters. The summed E-state index contributed by atoms with van der Waals surface area (Å²) in [5.41, 5.74) is 3.27. The van der Waals surface area contributed by atoms with Crippen LogP contribution in [-0.2, 0) is 9.53 Å². The van der Waals surface area contributed by atoms with E-state index >= 15 is 0 Å². The van der Waals surface area contributed by atoms with E-state index in [0.29, 0.717) is 11.6 Å². The maximum atomic E-state index is 12.6. The van der Waals surface area contributed by atoms with Crippen LogP contribution < -0.4 is 4.74 Å². The van der Waals surface area contributed by atoms with E-state index in [4.69, 9.17) is 9.47 Å². The van der Waals surface area contributed by atoms with Gasteiger partial charge in [-0.15, -0.1) is 0 Å². The monoisotopic (exact) mass is 416 g/mol. The maximum absolute atomic E-state index is 12.6. The fourth-order valence-corrected chi connectivity index (χ4v) is 3.85. The lowest BCUT2D eigenvalue weighted by Crippen LogP contribution is -2.33. The van der Waals surface area contributed by atoms with Crippen LogP contribution >= 0.6 is 15.9 Å². The first-order valence-electron chi connectivity index (χ1n) is 8.47. The second-order valence-corrected chi connectivity index (χ2v) is 7.32. The summed E-state index contributed by atoms with van der Waals surface area (Å²) in [6.07, 6.45) is 1.64. The van der Waals surface area contributed by atoms with Gasteiger partial charge in [0.2, 0.25) is 5.88 Å². The average molecular weight is 417 g/mol. The van der Waals surface area contributed by atoms with Crippen molar-refractivity contribution in [2.24, 2.45) is 10.9 Å². The van der Waals surface area contributed by atoms with Crippen molar-refractivity contribution >= 4 is 33.3 Å². The standard InChI is InChI=1S/C20H21BrN2O3/c1-11(2)26-19-18-15(9-10-22-19)23-12(3)16(20(24)25-4)17(18)13-7-5-6-8-14(13)21/h5-11,16-17H,1-4H3. The molecular formula is C20H21BrN2O3. The van der Waals surface area contributed by atoms with Gasteiger partial charge >= 0.3 is 5.97 Å². The summed E-state index contributed by atoms with van der Waals surface area (Å²) in [4.78, 5) is 21.7. The molecule has 0 saturated heterocycles. The third kappa shape index (κ3) is 3.38. The van der Waals surface area contributed by atoms with Crippen LogP contribution in [0.15, 0.2) is 46.0 Å². The van der Waals surface area contributed by atoms with Gasteiger partial charge in [0.25, 0.3) is 0 Å². The molecule has 0 amide bonds. The zero-order valence-electron chi connectivity index (χ0n) is 15.2. The molecule has 26 heavy (non-hydrogen) atoms. The van der Waals surface area contributed by atoms with Crippen molar-refractivity contribution in [2.75, 3.05) is 7.11 Å². The Bertz CT molecular complexity index is 864. The fourth-order valence-electron chi connectivity index (χ4n) is 3.31.